The van der Waals surface area contributed by atoms with Crippen LogP contribution in [0.5, 0.6) is 5.75 Å². The average molecular weight is 471 g/mol. The lowest BCUT2D eigenvalue weighted by molar-refractivity contribution is 0.0720. The van der Waals surface area contributed by atoms with E-state index in [1.54, 1.807) is 16.7 Å². The molecular weight excluding hydrogens is 444 g/mol. The summed E-state index contributed by atoms with van der Waals surface area (Å²) in [6.07, 6.45) is 2.99. The van der Waals surface area contributed by atoms with Crippen molar-refractivity contribution in [3.8, 4) is 5.75 Å². The molecule has 11 heteroatoms. The summed E-state index contributed by atoms with van der Waals surface area (Å²) in [5.41, 5.74) is 0.243. The first-order valence-electron chi connectivity index (χ1n) is 9.76. The zero-order chi connectivity index (χ0) is 21.7. The first-order chi connectivity index (χ1) is 14.3. The maximum atomic E-state index is 13.0. The van der Waals surface area contributed by atoms with E-state index in [4.69, 9.17) is 4.74 Å². The highest BCUT2D eigenvalue weighted by Gasteiger charge is 2.25. The second kappa shape index (κ2) is 9.97. The van der Waals surface area contributed by atoms with Crippen molar-refractivity contribution in [2.24, 2.45) is 5.92 Å². The third-order valence-electron chi connectivity index (χ3n) is 4.52. The zero-order valence-electron chi connectivity index (χ0n) is 17.3. The normalized spacial score (nSPS) is 14.7. The summed E-state index contributed by atoms with van der Waals surface area (Å²) in [7, 11) is -2.46. The van der Waals surface area contributed by atoms with E-state index in [-0.39, 0.29) is 21.5 Å². The van der Waals surface area contributed by atoms with Crippen molar-refractivity contribution in [2.75, 3.05) is 30.7 Å². The molecule has 1 aromatic heterocycles. The molecule has 0 spiro atoms. The molecule has 0 unspecified atom stereocenters. The van der Waals surface area contributed by atoms with Crippen molar-refractivity contribution >= 4 is 44.2 Å². The van der Waals surface area contributed by atoms with Gasteiger partial charge in [-0.25, -0.2) is 8.42 Å². The van der Waals surface area contributed by atoms with Gasteiger partial charge in [0.05, 0.1) is 17.6 Å². The minimum absolute atomic E-state index is 0.0183. The lowest BCUT2D eigenvalue weighted by Crippen LogP contribution is -2.35. The van der Waals surface area contributed by atoms with Crippen molar-refractivity contribution in [1.82, 2.24) is 15.1 Å². The number of hydrogen-bond acceptors (Lipinski definition) is 8. The fourth-order valence-electron chi connectivity index (χ4n) is 3.01. The molecule has 1 aliphatic rings. The van der Waals surface area contributed by atoms with Crippen LogP contribution in [0.15, 0.2) is 27.4 Å². The first-order valence-corrected chi connectivity index (χ1v) is 13.0. The molecule has 2 heterocycles. The Labute approximate surface area is 185 Å². The van der Waals surface area contributed by atoms with Crippen LogP contribution in [0.25, 0.3) is 0 Å². The third-order valence-corrected chi connectivity index (χ3v) is 8.39. The van der Waals surface area contributed by atoms with E-state index in [9.17, 15) is 13.2 Å². The van der Waals surface area contributed by atoms with E-state index in [1.807, 2.05) is 0 Å². The van der Waals surface area contributed by atoms with E-state index < -0.39 is 10.0 Å². The van der Waals surface area contributed by atoms with Gasteiger partial charge in [0.25, 0.3) is 15.9 Å². The van der Waals surface area contributed by atoms with Gasteiger partial charge in [0.1, 0.15) is 5.75 Å². The van der Waals surface area contributed by atoms with Gasteiger partial charge in [0.15, 0.2) is 4.34 Å². The van der Waals surface area contributed by atoms with E-state index in [0.717, 1.165) is 25.0 Å². The number of nitrogens with zero attached hydrogens (tertiary/aromatic N) is 3. The van der Waals surface area contributed by atoms with Crippen molar-refractivity contribution in [1.29, 1.82) is 0 Å². The number of carbonyl (C=O) groups excluding carboxylic acids is 1. The number of anilines is 1. The number of thioether (sulfide) groups is 1. The highest BCUT2D eigenvalue weighted by Crippen LogP contribution is 2.30. The molecule has 1 amide bonds. The molecule has 0 atom stereocenters. The quantitative estimate of drug-likeness (QED) is 0.587. The number of rotatable bonds is 8. The lowest BCUT2D eigenvalue weighted by atomic mass is 10.1. The molecule has 3 rings (SSSR count). The van der Waals surface area contributed by atoms with Gasteiger partial charge < -0.3 is 9.64 Å². The number of piperidine rings is 1. The molecule has 164 valence electrons. The van der Waals surface area contributed by atoms with E-state index in [0.29, 0.717) is 29.1 Å². The maximum Gasteiger partial charge on any atom is 0.263 e. The summed E-state index contributed by atoms with van der Waals surface area (Å²) < 4.78 is 34.2. The first kappa shape index (κ1) is 22.8. The van der Waals surface area contributed by atoms with Gasteiger partial charge in [-0.1, -0.05) is 36.9 Å². The number of nitrogens with one attached hydrogen (secondary N) is 1. The van der Waals surface area contributed by atoms with Crippen molar-refractivity contribution in [3.63, 3.8) is 0 Å². The van der Waals surface area contributed by atoms with Gasteiger partial charge in [-0.15, -0.1) is 10.2 Å². The van der Waals surface area contributed by atoms with Gasteiger partial charge in [0.2, 0.25) is 5.13 Å². The molecule has 1 N–H and O–H groups in total. The lowest BCUT2D eigenvalue weighted by Gasteiger charge is -2.27. The molecule has 2 aromatic rings. The Morgan fingerprint density at radius 3 is 2.67 bits per heavy atom. The smallest absolute Gasteiger partial charge is 0.263 e. The molecule has 8 nitrogen and oxygen atoms in total. The molecule has 1 fully saturated rings. The van der Waals surface area contributed by atoms with Crippen LogP contribution in [0.1, 0.15) is 43.5 Å². The van der Waals surface area contributed by atoms with E-state index in [2.05, 4.69) is 28.8 Å². The van der Waals surface area contributed by atoms with Crippen LogP contribution in [0.4, 0.5) is 5.13 Å². The predicted molar refractivity (Wildman–Crippen MR) is 119 cm³/mol. The number of likely N-dealkylation sites (tertiary alicyclic amines) is 1. The standard InChI is InChI=1S/C19H26N4O4S3/c1-13(2)12-28-19-21-20-18(29-19)22-30(25,26)14-7-8-16(27-3)15(11-14)17(24)23-9-5-4-6-10-23/h7-8,11,13H,4-6,9-10,12H2,1-3H3,(H,20,22). The predicted octanol–water partition coefficient (Wildman–Crippen LogP) is 3.72. The van der Waals surface area contributed by atoms with E-state index >= 15 is 0 Å². The monoisotopic (exact) mass is 470 g/mol. The summed E-state index contributed by atoms with van der Waals surface area (Å²) in [5, 5.41) is 8.15. The Morgan fingerprint density at radius 1 is 1.27 bits per heavy atom. The number of ether oxygens (including phenoxy) is 1. The van der Waals surface area contributed by atoms with Gasteiger partial charge in [-0.05, 0) is 43.4 Å². The Hall–Kier alpha value is -1.85. The minimum atomic E-state index is -3.92. The highest BCUT2D eigenvalue weighted by molar-refractivity contribution is 8.01. The van der Waals surface area contributed by atoms with Gasteiger partial charge >= 0.3 is 0 Å². The fraction of sp³-hybridized carbons (Fsp3) is 0.526. The summed E-state index contributed by atoms with van der Waals surface area (Å²) in [6, 6.07) is 4.30. The minimum Gasteiger partial charge on any atom is -0.496 e. The van der Waals surface area contributed by atoms with Crippen molar-refractivity contribution < 1.29 is 17.9 Å². The van der Waals surface area contributed by atoms with Gasteiger partial charge in [0, 0.05) is 18.8 Å². The van der Waals surface area contributed by atoms with E-state index in [1.165, 1.54) is 36.6 Å². The largest absolute Gasteiger partial charge is 0.496 e. The number of amides is 1. The molecule has 0 radical (unpaired) electrons. The number of hydrogen-bond donors (Lipinski definition) is 1. The Morgan fingerprint density at radius 2 is 2.00 bits per heavy atom. The summed E-state index contributed by atoms with van der Waals surface area (Å²) in [4.78, 5) is 14.7. The number of carbonyl (C=O) groups is 1. The molecule has 1 saturated heterocycles. The van der Waals surface area contributed by atoms with Crippen molar-refractivity contribution in [3.05, 3.63) is 23.8 Å². The maximum absolute atomic E-state index is 13.0. The van der Waals surface area contributed by atoms with Crippen molar-refractivity contribution in [2.45, 2.75) is 42.3 Å². The molecule has 0 bridgehead atoms. The van der Waals surface area contributed by atoms with Crippen LogP contribution in [-0.2, 0) is 10.0 Å². The van der Waals surface area contributed by atoms with Gasteiger partial charge in [-0.2, -0.15) is 0 Å². The molecule has 1 aliphatic heterocycles. The van der Waals surface area contributed by atoms with Crippen LogP contribution in [0.2, 0.25) is 0 Å². The molecule has 1 aromatic carbocycles. The Balaban J connectivity index is 1.81. The summed E-state index contributed by atoms with van der Waals surface area (Å²) >= 11 is 2.73. The van der Waals surface area contributed by atoms with Crippen LogP contribution >= 0.6 is 23.1 Å². The fourth-order valence-corrected chi connectivity index (χ4v) is 5.99. The third kappa shape index (κ3) is 5.64. The van der Waals surface area contributed by atoms with Crippen LogP contribution in [0.3, 0.4) is 0 Å². The Kier molecular flexibility index (Phi) is 7.59. The van der Waals surface area contributed by atoms with Crippen LogP contribution < -0.4 is 9.46 Å². The Bertz CT molecular complexity index is 985. The second-order valence-corrected chi connectivity index (χ2v) is 11.3. The number of sulfonamides is 1. The van der Waals surface area contributed by atoms with Crippen LogP contribution in [-0.4, -0.2) is 55.4 Å². The number of benzene rings is 1. The molecule has 0 aliphatic carbocycles. The zero-order valence-corrected chi connectivity index (χ0v) is 19.7. The van der Waals surface area contributed by atoms with Crippen LogP contribution in [0, 0.1) is 5.92 Å². The second-order valence-electron chi connectivity index (χ2n) is 7.40. The molecule has 0 saturated carbocycles. The summed E-state index contributed by atoms with van der Waals surface area (Å²) in [6.45, 7) is 5.53. The SMILES string of the molecule is COc1ccc(S(=O)(=O)Nc2nnc(SCC(C)C)s2)cc1C(=O)N1CCCCC1. The number of methoxy groups -OCH3 is 1. The average Bonchev–Trinajstić information content (AvgIpc) is 3.18. The summed E-state index contributed by atoms with van der Waals surface area (Å²) in [5.74, 6) is 1.51. The highest BCUT2D eigenvalue weighted by atomic mass is 32.2. The molecule has 30 heavy (non-hydrogen) atoms. The molecular formula is C19H26N4O4S3. The topological polar surface area (TPSA) is 101 Å². The van der Waals surface area contributed by atoms with Gasteiger partial charge in [-0.3, -0.25) is 9.52 Å². The number of aromatic nitrogens is 2.